The highest BCUT2D eigenvalue weighted by Gasteiger charge is 2.38. The molecular weight excluding hydrogens is 328 g/mol. The molecule has 26 heavy (non-hydrogen) atoms. The molecule has 1 aliphatic heterocycles. The van der Waals surface area contributed by atoms with Crippen LogP contribution in [0, 0.1) is 6.92 Å². The van der Waals surface area contributed by atoms with Gasteiger partial charge in [-0.25, -0.2) is 4.98 Å². The minimum absolute atomic E-state index is 0.126. The molecule has 0 saturated carbocycles. The Morgan fingerprint density at radius 3 is 2.88 bits per heavy atom. The van der Waals surface area contributed by atoms with Crippen molar-refractivity contribution in [1.29, 1.82) is 0 Å². The van der Waals surface area contributed by atoms with Gasteiger partial charge in [0.15, 0.2) is 5.76 Å². The van der Waals surface area contributed by atoms with E-state index in [0.717, 1.165) is 29.4 Å². The number of hydrogen-bond acceptors (Lipinski definition) is 3. The highest BCUT2D eigenvalue weighted by Crippen LogP contribution is 2.39. The van der Waals surface area contributed by atoms with Crippen LogP contribution < -0.4 is 0 Å². The van der Waals surface area contributed by atoms with Gasteiger partial charge in [-0.05, 0) is 31.9 Å². The number of aliphatic hydroxyl groups is 1. The highest BCUT2D eigenvalue weighted by molar-refractivity contribution is 5.96. The van der Waals surface area contributed by atoms with Crippen molar-refractivity contribution in [1.82, 2.24) is 19.4 Å². The molecule has 134 valence electrons. The summed E-state index contributed by atoms with van der Waals surface area (Å²) in [5.74, 6) is -0.418. The van der Waals surface area contributed by atoms with Gasteiger partial charge in [0.05, 0.1) is 12.4 Å². The molecule has 0 bridgehead atoms. The number of fused-ring (bicyclic) bond motifs is 1. The first-order chi connectivity index (χ1) is 12.6. The lowest BCUT2D eigenvalue weighted by Crippen LogP contribution is -2.31. The molecule has 1 aliphatic rings. The lowest BCUT2D eigenvalue weighted by atomic mass is 9.99. The summed E-state index contributed by atoms with van der Waals surface area (Å²) >= 11 is 0. The summed E-state index contributed by atoms with van der Waals surface area (Å²) in [5, 5.41) is 11.4. The van der Waals surface area contributed by atoms with Crippen molar-refractivity contribution >= 4 is 16.8 Å². The number of nitrogens with zero attached hydrogens (tertiary/aromatic N) is 3. The van der Waals surface area contributed by atoms with E-state index in [0.29, 0.717) is 12.1 Å². The number of aromatic nitrogens is 3. The molecule has 3 heterocycles. The largest absolute Gasteiger partial charge is 0.503 e. The molecule has 4 rings (SSSR count). The van der Waals surface area contributed by atoms with Crippen molar-refractivity contribution in [3.05, 3.63) is 65.6 Å². The maximum atomic E-state index is 12.6. The zero-order chi connectivity index (χ0) is 18.3. The van der Waals surface area contributed by atoms with Crippen molar-refractivity contribution in [2.75, 3.05) is 6.54 Å². The number of aromatic amines is 1. The summed E-state index contributed by atoms with van der Waals surface area (Å²) in [6, 6.07) is 6.01. The summed E-state index contributed by atoms with van der Waals surface area (Å²) in [7, 11) is 0. The lowest BCUT2D eigenvalue weighted by Gasteiger charge is -2.26. The molecule has 3 aromatic rings. The van der Waals surface area contributed by atoms with Crippen LogP contribution in [0.4, 0.5) is 0 Å². The van der Waals surface area contributed by atoms with E-state index in [2.05, 4.69) is 35.1 Å². The van der Waals surface area contributed by atoms with Gasteiger partial charge >= 0.3 is 0 Å². The number of amides is 1. The molecule has 0 spiro atoms. The average molecular weight is 350 g/mol. The predicted molar refractivity (Wildman–Crippen MR) is 99.7 cm³/mol. The fourth-order valence-corrected chi connectivity index (χ4v) is 3.75. The summed E-state index contributed by atoms with van der Waals surface area (Å²) in [6.07, 6.45) is 8.17. The molecular formula is C20H22N4O2. The Balaban J connectivity index is 1.63. The van der Waals surface area contributed by atoms with Gasteiger partial charge in [0, 0.05) is 53.7 Å². The normalized spacial score (nSPS) is 17.7. The first kappa shape index (κ1) is 16.4. The maximum absolute atomic E-state index is 12.6. The number of benzene rings is 1. The SMILES string of the molecule is CC1=C(O)C(=O)N(CCCn2ccnc2)C1c1c[nH]c2cc(C)ccc12. The van der Waals surface area contributed by atoms with Crippen LogP contribution in [0.1, 0.15) is 30.5 Å². The summed E-state index contributed by atoms with van der Waals surface area (Å²) < 4.78 is 1.99. The highest BCUT2D eigenvalue weighted by atomic mass is 16.3. The van der Waals surface area contributed by atoms with Crippen LogP contribution in [0.5, 0.6) is 0 Å². The van der Waals surface area contributed by atoms with Crippen molar-refractivity contribution in [2.24, 2.45) is 0 Å². The zero-order valence-electron chi connectivity index (χ0n) is 14.9. The zero-order valence-corrected chi connectivity index (χ0v) is 14.9. The van der Waals surface area contributed by atoms with Crippen molar-refractivity contribution < 1.29 is 9.90 Å². The quantitative estimate of drug-likeness (QED) is 0.740. The number of aryl methyl sites for hydroxylation is 2. The molecule has 1 amide bonds. The number of aliphatic hydroxyl groups excluding tert-OH is 1. The number of nitrogens with one attached hydrogen (secondary N) is 1. The van der Waals surface area contributed by atoms with Gasteiger partial charge in [0.1, 0.15) is 0 Å². The molecule has 0 fully saturated rings. The third-order valence-electron chi connectivity index (χ3n) is 5.10. The molecule has 1 atom stereocenters. The van der Waals surface area contributed by atoms with E-state index in [1.54, 1.807) is 17.4 Å². The molecule has 0 saturated heterocycles. The first-order valence-corrected chi connectivity index (χ1v) is 8.80. The fraction of sp³-hybridized carbons (Fsp3) is 0.300. The Morgan fingerprint density at radius 2 is 2.12 bits per heavy atom. The van der Waals surface area contributed by atoms with E-state index >= 15 is 0 Å². The van der Waals surface area contributed by atoms with Crippen LogP contribution in [0.2, 0.25) is 0 Å². The maximum Gasteiger partial charge on any atom is 0.289 e. The second-order valence-electron chi connectivity index (χ2n) is 6.88. The fourth-order valence-electron chi connectivity index (χ4n) is 3.75. The van der Waals surface area contributed by atoms with Crippen molar-refractivity contribution in [3.8, 4) is 0 Å². The standard InChI is InChI=1S/C20H22N4O2/c1-13-4-5-15-16(11-22-17(15)10-13)18-14(2)19(25)20(26)24(18)8-3-7-23-9-6-21-12-23/h4-6,9-12,18,22,25H,3,7-8H2,1-2H3. The van der Waals surface area contributed by atoms with Gasteiger partial charge < -0.3 is 19.6 Å². The van der Waals surface area contributed by atoms with Crippen LogP contribution in [0.15, 0.2) is 54.4 Å². The number of hydrogen-bond donors (Lipinski definition) is 2. The molecule has 2 aromatic heterocycles. The molecule has 2 N–H and O–H groups in total. The predicted octanol–water partition coefficient (Wildman–Crippen LogP) is 3.48. The first-order valence-electron chi connectivity index (χ1n) is 8.80. The molecule has 6 heteroatoms. The molecule has 1 aromatic carbocycles. The van der Waals surface area contributed by atoms with E-state index < -0.39 is 0 Å². The summed E-state index contributed by atoms with van der Waals surface area (Å²) in [5.41, 5.74) is 3.96. The third-order valence-corrected chi connectivity index (χ3v) is 5.10. The van der Waals surface area contributed by atoms with E-state index in [1.807, 2.05) is 23.9 Å². The van der Waals surface area contributed by atoms with Gasteiger partial charge in [-0.2, -0.15) is 0 Å². The third kappa shape index (κ3) is 2.67. The number of carbonyl (C=O) groups excluding carboxylic acids is 1. The minimum Gasteiger partial charge on any atom is -0.503 e. The molecule has 0 radical (unpaired) electrons. The van der Waals surface area contributed by atoms with E-state index in [1.165, 1.54) is 5.56 Å². The van der Waals surface area contributed by atoms with E-state index in [-0.39, 0.29) is 17.7 Å². The van der Waals surface area contributed by atoms with Crippen LogP contribution in [-0.2, 0) is 11.3 Å². The van der Waals surface area contributed by atoms with Gasteiger partial charge in [-0.15, -0.1) is 0 Å². The number of H-pyrrole nitrogens is 1. The van der Waals surface area contributed by atoms with Gasteiger partial charge in [0.25, 0.3) is 5.91 Å². The monoisotopic (exact) mass is 350 g/mol. The van der Waals surface area contributed by atoms with Crippen LogP contribution >= 0.6 is 0 Å². The van der Waals surface area contributed by atoms with Crippen molar-refractivity contribution in [3.63, 3.8) is 0 Å². The van der Waals surface area contributed by atoms with Crippen LogP contribution in [0.3, 0.4) is 0 Å². The number of imidazole rings is 1. The van der Waals surface area contributed by atoms with Gasteiger partial charge in [-0.3, -0.25) is 4.79 Å². The average Bonchev–Trinajstić information content (AvgIpc) is 3.32. The molecule has 1 unspecified atom stereocenters. The van der Waals surface area contributed by atoms with Crippen LogP contribution in [-0.4, -0.2) is 37.0 Å². The van der Waals surface area contributed by atoms with E-state index in [9.17, 15) is 9.90 Å². The van der Waals surface area contributed by atoms with Crippen molar-refractivity contribution in [2.45, 2.75) is 32.9 Å². The minimum atomic E-state index is -0.292. The van der Waals surface area contributed by atoms with E-state index in [4.69, 9.17) is 0 Å². The summed E-state index contributed by atoms with van der Waals surface area (Å²) in [4.78, 5) is 21.7. The second kappa shape index (κ2) is 6.37. The number of rotatable bonds is 5. The Morgan fingerprint density at radius 1 is 1.27 bits per heavy atom. The Bertz CT molecular complexity index is 985. The lowest BCUT2D eigenvalue weighted by molar-refractivity contribution is -0.129. The topological polar surface area (TPSA) is 74.2 Å². The second-order valence-corrected chi connectivity index (χ2v) is 6.88. The number of carbonyl (C=O) groups is 1. The smallest absolute Gasteiger partial charge is 0.289 e. The summed E-state index contributed by atoms with van der Waals surface area (Å²) in [6.45, 7) is 5.24. The van der Waals surface area contributed by atoms with Gasteiger partial charge in [0.2, 0.25) is 0 Å². The Hall–Kier alpha value is -3.02. The molecule has 6 nitrogen and oxygen atoms in total. The Kier molecular flexibility index (Phi) is 4.03. The Labute approximate surface area is 151 Å². The van der Waals surface area contributed by atoms with Gasteiger partial charge in [-0.1, -0.05) is 12.1 Å². The molecule has 0 aliphatic carbocycles. The van der Waals surface area contributed by atoms with Crippen LogP contribution in [0.25, 0.3) is 10.9 Å².